The van der Waals surface area contributed by atoms with Crippen LogP contribution in [0.2, 0.25) is 0 Å². The molecule has 2 aromatic heterocycles. The Morgan fingerprint density at radius 3 is 2.23 bits per heavy atom. The second kappa shape index (κ2) is 8.02. The van der Waals surface area contributed by atoms with Crippen LogP contribution in [0, 0.1) is 0 Å². The van der Waals surface area contributed by atoms with Gasteiger partial charge >= 0.3 is 0 Å². The van der Waals surface area contributed by atoms with Crippen molar-refractivity contribution in [1.82, 2.24) is 4.98 Å². The Morgan fingerprint density at radius 1 is 0.808 bits per heavy atom. The lowest BCUT2D eigenvalue weighted by atomic mass is 10.0. The highest BCUT2D eigenvalue weighted by Gasteiger charge is 2.14. The van der Waals surface area contributed by atoms with Gasteiger partial charge in [-0.3, -0.25) is 9.78 Å². The second-order valence-electron chi connectivity index (χ2n) is 5.94. The summed E-state index contributed by atoms with van der Waals surface area (Å²) >= 11 is 0. The molecule has 0 spiro atoms. The maximum absolute atomic E-state index is 12.8. The minimum absolute atomic E-state index is 0. The van der Waals surface area contributed by atoms with E-state index in [0.29, 0.717) is 6.54 Å². The lowest BCUT2D eigenvalue weighted by Crippen LogP contribution is -3.00. The average molecular weight is 405 g/mol. The lowest BCUT2D eigenvalue weighted by molar-refractivity contribution is -0.683. The molecule has 0 aliphatic rings. The van der Waals surface area contributed by atoms with Crippen LogP contribution >= 0.6 is 0 Å². The average Bonchev–Trinajstić information content (AvgIpc) is 2.69. The second-order valence-corrected chi connectivity index (χ2v) is 5.94. The Bertz CT molecular complexity index is 1030. The van der Waals surface area contributed by atoms with Gasteiger partial charge in [0.1, 0.15) is 0 Å². The Labute approximate surface area is 162 Å². The summed E-state index contributed by atoms with van der Waals surface area (Å²) in [5.41, 5.74) is 2.99. The van der Waals surface area contributed by atoms with E-state index in [4.69, 9.17) is 0 Å². The standard InChI is InChI=1S/C22H17N2O.BrH/c25-22(21-7-3-5-19-4-1-2-6-20(19)21)16-24-14-10-18(11-15-24)17-8-12-23-13-9-17;/h1-15H,16H2;1H/q+1;/p-1. The Kier molecular flexibility index (Phi) is 5.54. The third-order valence-electron chi connectivity index (χ3n) is 4.32. The number of fused-ring (bicyclic) bond motifs is 1. The summed E-state index contributed by atoms with van der Waals surface area (Å²) in [7, 11) is 0. The van der Waals surface area contributed by atoms with E-state index in [2.05, 4.69) is 4.98 Å². The first-order valence-electron chi connectivity index (χ1n) is 8.22. The third kappa shape index (κ3) is 3.70. The molecule has 0 fully saturated rings. The summed E-state index contributed by atoms with van der Waals surface area (Å²) in [5.74, 6) is 0.110. The molecule has 3 nitrogen and oxygen atoms in total. The van der Waals surface area contributed by atoms with Gasteiger partial charge in [0, 0.05) is 30.1 Å². The number of ketones is 1. The zero-order valence-electron chi connectivity index (χ0n) is 14.0. The molecule has 0 aliphatic heterocycles. The topological polar surface area (TPSA) is 33.8 Å². The van der Waals surface area contributed by atoms with Crippen LogP contribution in [0.25, 0.3) is 21.9 Å². The zero-order chi connectivity index (χ0) is 17.1. The molecule has 26 heavy (non-hydrogen) atoms. The largest absolute Gasteiger partial charge is 1.00 e. The molecule has 4 rings (SSSR count). The first-order valence-corrected chi connectivity index (χ1v) is 8.22. The number of carbonyl (C=O) groups is 1. The normalized spacial score (nSPS) is 10.3. The maximum Gasteiger partial charge on any atom is 0.228 e. The molecule has 0 atom stereocenters. The first kappa shape index (κ1) is 18.0. The summed E-state index contributed by atoms with van der Waals surface area (Å²) in [6.07, 6.45) is 7.44. The van der Waals surface area contributed by atoms with Crippen LogP contribution in [0.3, 0.4) is 0 Å². The molecule has 2 heterocycles. The number of benzene rings is 2. The number of pyridine rings is 2. The van der Waals surface area contributed by atoms with Gasteiger partial charge < -0.3 is 17.0 Å². The Balaban J connectivity index is 0.00000196. The van der Waals surface area contributed by atoms with Crippen LogP contribution in [0.4, 0.5) is 0 Å². The van der Waals surface area contributed by atoms with Gasteiger partial charge in [-0.05, 0) is 34.0 Å². The van der Waals surface area contributed by atoms with Crippen molar-refractivity contribution in [3.05, 3.63) is 97.1 Å². The van der Waals surface area contributed by atoms with Crippen molar-refractivity contribution in [2.45, 2.75) is 6.54 Å². The number of Topliss-reactive ketones (excluding diaryl/α,β-unsaturated/α-hetero) is 1. The Morgan fingerprint density at radius 2 is 1.46 bits per heavy atom. The molecule has 0 bridgehead atoms. The lowest BCUT2D eigenvalue weighted by Gasteiger charge is -2.04. The fourth-order valence-electron chi connectivity index (χ4n) is 3.02. The molecule has 0 saturated heterocycles. The van der Waals surface area contributed by atoms with Gasteiger partial charge in [0.05, 0.1) is 0 Å². The van der Waals surface area contributed by atoms with E-state index in [1.165, 1.54) is 0 Å². The molecule has 0 amide bonds. The zero-order valence-corrected chi connectivity index (χ0v) is 15.6. The van der Waals surface area contributed by atoms with Crippen molar-refractivity contribution in [3.63, 3.8) is 0 Å². The van der Waals surface area contributed by atoms with E-state index in [1.54, 1.807) is 12.4 Å². The molecule has 0 aliphatic carbocycles. The first-order chi connectivity index (χ1) is 12.3. The number of hydrogen-bond donors (Lipinski definition) is 0. The predicted molar refractivity (Wildman–Crippen MR) is 98.1 cm³/mol. The fourth-order valence-corrected chi connectivity index (χ4v) is 3.02. The van der Waals surface area contributed by atoms with E-state index in [-0.39, 0.29) is 22.8 Å². The van der Waals surface area contributed by atoms with Crippen LogP contribution in [-0.4, -0.2) is 10.8 Å². The SMILES string of the molecule is O=C(C[n+]1ccc(-c2ccncc2)cc1)c1cccc2ccccc12.[Br-]. The van der Waals surface area contributed by atoms with Gasteiger partial charge in [0.2, 0.25) is 12.3 Å². The monoisotopic (exact) mass is 404 g/mol. The van der Waals surface area contributed by atoms with Crippen LogP contribution in [0.5, 0.6) is 0 Å². The fraction of sp³-hybridized carbons (Fsp3) is 0.0455. The molecule has 0 N–H and O–H groups in total. The number of aromatic nitrogens is 2. The van der Waals surface area contributed by atoms with Gasteiger partial charge in [0.15, 0.2) is 12.4 Å². The number of hydrogen-bond acceptors (Lipinski definition) is 2. The summed E-state index contributed by atoms with van der Waals surface area (Å²) in [6, 6.07) is 21.8. The summed E-state index contributed by atoms with van der Waals surface area (Å²) in [6.45, 7) is 0.324. The van der Waals surface area contributed by atoms with Gasteiger partial charge in [-0.2, -0.15) is 4.57 Å². The van der Waals surface area contributed by atoms with Crippen molar-refractivity contribution in [3.8, 4) is 11.1 Å². The minimum Gasteiger partial charge on any atom is -1.00 e. The molecular formula is C22H17BrN2O. The van der Waals surface area contributed by atoms with Gasteiger partial charge in [-0.1, -0.05) is 42.5 Å². The molecule has 4 aromatic rings. The van der Waals surface area contributed by atoms with Crippen molar-refractivity contribution in [2.75, 3.05) is 0 Å². The van der Waals surface area contributed by atoms with E-state index in [0.717, 1.165) is 27.5 Å². The highest BCUT2D eigenvalue weighted by atomic mass is 79.9. The number of nitrogens with zero attached hydrogens (tertiary/aromatic N) is 2. The van der Waals surface area contributed by atoms with Crippen molar-refractivity contribution in [1.29, 1.82) is 0 Å². The Hall–Kier alpha value is -2.85. The molecule has 0 radical (unpaired) electrons. The molecule has 4 heteroatoms. The van der Waals surface area contributed by atoms with Crippen molar-refractivity contribution in [2.24, 2.45) is 0 Å². The van der Waals surface area contributed by atoms with Gasteiger partial charge in [0.25, 0.3) is 0 Å². The van der Waals surface area contributed by atoms with E-state index in [9.17, 15) is 4.79 Å². The molecule has 128 valence electrons. The smallest absolute Gasteiger partial charge is 0.228 e. The highest BCUT2D eigenvalue weighted by Crippen LogP contribution is 2.19. The van der Waals surface area contributed by atoms with Crippen molar-refractivity contribution >= 4 is 16.6 Å². The summed E-state index contributed by atoms with van der Waals surface area (Å²) in [4.78, 5) is 16.8. The van der Waals surface area contributed by atoms with Crippen LogP contribution in [0.15, 0.2) is 91.5 Å². The maximum atomic E-state index is 12.8. The van der Waals surface area contributed by atoms with Crippen LogP contribution < -0.4 is 21.5 Å². The molecule has 0 unspecified atom stereocenters. The number of carbonyl (C=O) groups excluding carboxylic acids is 1. The van der Waals surface area contributed by atoms with E-state index >= 15 is 0 Å². The summed E-state index contributed by atoms with van der Waals surface area (Å²) < 4.78 is 1.91. The summed E-state index contributed by atoms with van der Waals surface area (Å²) in [5, 5.41) is 2.09. The predicted octanol–water partition coefficient (Wildman–Crippen LogP) is 1.08. The van der Waals surface area contributed by atoms with Crippen molar-refractivity contribution < 1.29 is 26.3 Å². The van der Waals surface area contributed by atoms with E-state index < -0.39 is 0 Å². The quantitative estimate of drug-likeness (QED) is 0.376. The molecular weight excluding hydrogens is 388 g/mol. The van der Waals surface area contributed by atoms with Crippen LogP contribution in [-0.2, 0) is 6.54 Å². The van der Waals surface area contributed by atoms with Crippen LogP contribution in [0.1, 0.15) is 10.4 Å². The third-order valence-corrected chi connectivity index (χ3v) is 4.32. The highest BCUT2D eigenvalue weighted by molar-refractivity contribution is 6.07. The van der Waals surface area contributed by atoms with E-state index in [1.807, 2.05) is 83.7 Å². The van der Waals surface area contributed by atoms with Gasteiger partial charge in [-0.15, -0.1) is 0 Å². The number of halogens is 1. The number of rotatable bonds is 4. The molecule has 2 aromatic carbocycles. The molecule has 0 saturated carbocycles. The minimum atomic E-state index is 0. The van der Waals surface area contributed by atoms with Gasteiger partial charge in [-0.25, -0.2) is 0 Å².